The molecule has 0 aliphatic rings. The SMILES string of the molecule is O=S(=O)([O-])[O-].OCC=Cc1ccccc1.[Na+].[Na+]. The third kappa shape index (κ3) is 22.5. The van der Waals surface area contributed by atoms with Gasteiger partial charge in [-0.2, -0.15) is 0 Å². The van der Waals surface area contributed by atoms with Gasteiger partial charge >= 0.3 is 59.1 Å². The van der Waals surface area contributed by atoms with Crippen molar-refractivity contribution in [3.05, 3.63) is 42.0 Å². The topological polar surface area (TPSA) is 100 Å². The molecule has 17 heavy (non-hydrogen) atoms. The van der Waals surface area contributed by atoms with Gasteiger partial charge in [-0.05, 0) is 5.56 Å². The van der Waals surface area contributed by atoms with Gasteiger partial charge in [0, 0.05) is 10.4 Å². The van der Waals surface area contributed by atoms with Gasteiger partial charge in [0.05, 0.1) is 6.61 Å². The van der Waals surface area contributed by atoms with Gasteiger partial charge in [0.25, 0.3) is 0 Å². The minimum absolute atomic E-state index is 0. The molecule has 0 aliphatic heterocycles. The van der Waals surface area contributed by atoms with Crippen LogP contribution in [0.4, 0.5) is 0 Å². The smallest absolute Gasteiger partial charge is 0.759 e. The quantitative estimate of drug-likeness (QED) is 0.330. The van der Waals surface area contributed by atoms with Gasteiger partial charge in [-0.25, -0.2) is 0 Å². The number of aliphatic hydroxyl groups excluding tert-OH is 1. The Kier molecular flexibility index (Phi) is 17.8. The van der Waals surface area contributed by atoms with Crippen LogP contribution in [0.25, 0.3) is 6.08 Å². The Bertz CT molecular complexity index is 383. The van der Waals surface area contributed by atoms with Crippen LogP contribution in [0.1, 0.15) is 5.56 Å². The molecule has 1 rings (SSSR count). The molecule has 0 aromatic heterocycles. The summed E-state index contributed by atoms with van der Waals surface area (Å²) in [7, 11) is -5.17. The molecular weight excluding hydrogens is 266 g/mol. The monoisotopic (exact) mass is 276 g/mol. The molecule has 0 spiro atoms. The van der Waals surface area contributed by atoms with Crippen molar-refractivity contribution in [2.24, 2.45) is 0 Å². The first-order valence-electron chi connectivity index (χ1n) is 3.92. The van der Waals surface area contributed by atoms with Crippen molar-refractivity contribution in [3.8, 4) is 0 Å². The Labute approximate surface area is 145 Å². The van der Waals surface area contributed by atoms with Crippen molar-refractivity contribution in [3.63, 3.8) is 0 Å². The molecule has 0 aliphatic carbocycles. The van der Waals surface area contributed by atoms with Gasteiger partial charge in [-0.15, -0.1) is 0 Å². The molecule has 5 nitrogen and oxygen atoms in total. The van der Waals surface area contributed by atoms with Gasteiger partial charge in [0.2, 0.25) is 0 Å². The number of rotatable bonds is 2. The Balaban J connectivity index is -0.000000247. The number of hydrogen-bond acceptors (Lipinski definition) is 5. The first-order valence-corrected chi connectivity index (χ1v) is 5.26. The molecule has 8 heteroatoms. The second kappa shape index (κ2) is 13.2. The van der Waals surface area contributed by atoms with Crippen LogP contribution in [-0.4, -0.2) is 29.2 Å². The van der Waals surface area contributed by atoms with Gasteiger partial charge in [0.1, 0.15) is 0 Å². The van der Waals surface area contributed by atoms with E-state index in [2.05, 4.69) is 0 Å². The van der Waals surface area contributed by atoms with E-state index in [1.807, 2.05) is 36.4 Å². The van der Waals surface area contributed by atoms with E-state index in [9.17, 15) is 0 Å². The van der Waals surface area contributed by atoms with Crippen molar-refractivity contribution >= 4 is 16.5 Å². The molecule has 0 saturated heterocycles. The second-order valence-corrected chi connectivity index (χ2v) is 3.22. The van der Waals surface area contributed by atoms with Gasteiger partial charge < -0.3 is 14.2 Å². The molecule has 1 N–H and O–H groups in total. The molecule has 0 saturated carbocycles. The zero-order valence-electron chi connectivity index (χ0n) is 9.74. The average molecular weight is 276 g/mol. The van der Waals surface area contributed by atoms with Crippen molar-refractivity contribution < 1.29 is 81.7 Å². The Morgan fingerprint density at radius 1 is 1.12 bits per heavy atom. The summed E-state index contributed by atoms with van der Waals surface area (Å²) in [5.74, 6) is 0. The summed E-state index contributed by atoms with van der Waals surface area (Å²) in [5, 5.41) is 8.44. The van der Waals surface area contributed by atoms with E-state index in [1.54, 1.807) is 6.08 Å². The number of benzene rings is 1. The molecule has 84 valence electrons. The minimum Gasteiger partial charge on any atom is -0.759 e. The molecule has 0 atom stereocenters. The van der Waals surface area contributed by atoms with Crippen LogP contribution >= 0.6 is 0 Å². The molecule has 0 amide bonds. The zero-order chi connectivity index (χ0) is 11.7. The fourth-order valence-electron chi connectivity index (χ4n) is 0.753. The summed E-state index contributed by atoms with van der Waals surface area (Å²) >= 11 is 0. The summed E-state index contributed by atoms with van der Waals surface area (Å²) in [5.41, 5.74) is 1.12. The summed E-state index contributed by atoms with van der Waals surface area (Å²) in [6, 6.07) is 9.89. The largest absolute Gasteiger partial charge is 1.00 e. The molecule has 0 unspecified atom stereocenters. The van der Waals surface area contributed by atoms with Crippen LogP contribution in [0.2, 0.25) is 0 Å². The molecule has 0 bridgehead atoms. The summed E-state index contributed by atoms with van der Waals surface area (Å²) in [6.07, 6.45) is 3.61. The van der Waals surface area contributed by atoms with E-state index in [1.165, 1.54) is 0 Å². The van der Waals surface area contributed by atoms with Crippen molar-refractivity contribution in [1.29, 1.82) is 0 Å². The maximum atomic E-state index is 8.52. The molecule has 0 heterocycles. The molecule has 0 radical (unpaired) electrons. The molecule has 0 fully saturated rings. The van der Waals surface area contributed by atoms with E-state index in [4.69, 9.17) is 22.6 Å². The van der Waals surface area contributed by atoms with Crippen molar-refractivity contribution in [1.82, 2.24) is 0 Å². The third-order valence-corrected chi connectivity index (χ3v) is 1.22. The Hall–Kier alpha value is 0.790. The number of hydrogen-bond donors (Lipinski definition) is 1. The van der Waals surface area contributed by atoms with E-state index >= 15 is 0 Å². The van der Waals surface area contributed by atoms with E-state index in [0.717, 1.165) is 5.56 Å². The van der Waals surface area contributed by atoms with Crippen LogP contribution < -0.4 is 59.1 Å². The second-order valence-electron chi connectivity index (χ2n) is 2.40. The summed E-state index contributed by atoms with van der Waals surface area (Å²) < 4.78 is 34.1. The maximum Gasteiger partial charge on any atom is 1.00 e. The van der Waals surface area contributed by atoms with Crippen molar-refractivity contribution in [2.75, 3.05) is 6.61 Å². The van der Waals surface area contributed by atoms with Gasteiger partial charge in [0.15, 0.2) is 0 Å². The van der Waals surface area contributed by atoms with Crippen LogP contribution in [0.3, 0.4) is 0 Å². The van der Waals surface area contributed by atoms with E-state index in [-0.39, 0.29) is 65.7 Å². The van der Waals surface area contributed by atoms with Crippen LogP contribution in [0.15, 0.2) is 36.4 Å². The maximum absolute atomic E-state index is 8.52. The van der Waals surface area contributed by atoms with E-state index < -0.39 is 10.4 Å². The van der Waals surface area contributed by atoms with Gasteiger partial charge in [-0.1, -0.05) is 42.5 Å². The molecular formula is C9H10Na2O5S. The first kappa shape index (κ1) is 22.9. The third-order valence-electron chi connectivity index (χ3n) is 1.22. The molecule has 1 aromatic rings. The van der Waals surface area contributed by atoms with Crippen LogP contribution in [-0.2, 0) is 10.4 Å². The van der Waals surface area contributed by atoms with Gasteiger partial charge in [-0.3, -0.25) is 8.42 Å². The Morgan fingerprint density at radius 2 is 1.53 bits per heavy atom. The zero-order valence-corrected chi connectivity index (χ0v) is 14.6. The Morgan fingerprint density at radius 3 is 1.88 bits per heavy atom. The first-order chi connectivity index (χ1) is 6.93. The normalized spacial score (nSPS) is 9.59. The fourth-order valence-corrected chi connectivity index (χ4v) is 0.753. The fraction of sp³-hybridized carbons (Fsp3) is 0.111. The minimum atomic E-state index is -5.17. The number of aliphatic hydroxyl groups is 1. The van der Waals surface area contributed by atoms with Crippen LogP contribution in [0, 0.1) is 0 Å². The summed E-state index contributed by atoms with van der Waals surface area (Å²) in [4.78, 5) is 0. The van der Waals surface area contributed by atoms with Crippen molar-refractivity contribution in [2.45, 2.75) is 0 Å². The molecule has 1 aromatic carbocycles. The predicted molar refractivity (Wildman–Crippen MR) is 53.0 cm³/mol. The summed E-state index contributed by atoms with van der Waals surface area (Å²) in [6.45, 7) is 0.106. The predicted octanol–water partition coefficient (Wildman–Crippen LogP) is -5.64. The average Bonchev–Trinajstić information content (AvgIpc) is 2.14. The standard InChI is InChI=1S/C9H10O.2Na.H2O4S/c10-8-4-7-9-5-2-1-3-6-9;;;1-5(2,3)4/h1-7,10H,8H2;;;(H2,1,2,3,4)/q;2*+1;/p-2. The van der Waals surface area contributed by atoms with E-state index in [0.29, 0.717) is 0 Å². The van der Waals surface area contributed by atoms with Crippen LogP contribution in [0.5, 0.6) is 0 Å².